The fourth-order valence-electron chi connectivity index (χ4n) is 3.87. The molecular weight excluding hydrogens is 248 g/mol. The first kappa shape index (κ1) is 13.2. The Hall–Kier alpha value is -1.79. The Balaban J connectivity index is 2.10. The van der Waals surface area contributed by atoms with Crippen molar-refractivity contribution in [2.45, 2.75) is 37.1 Å². The number of allylic oxidation sites excluding steroid dienone is 1. The summed E-state index contributed by atoms with van der Waals surface area (Å²) in [6, 6.07) is 11.0. The first-order valence-corrected chi connectivity index (χ1v) is 7.28. The minimum Gasteiger partial charge on any atom is -0.497 e. The number of piperidine rings is 1. The Kier molecular flexibility index (Phi) is 3.50. The predicted molar refractivity (Wildman–Crippen MR) is 78.6 cm³/mol. The summed E-state index contributed by atoms with van der Waals surface area (Å²) in [7, 11) is 1.70. The highest BCUT2D eigenvalue weighted by Crippen LogP contribution is 2.48. The van der Waals surface area contributed by atoms with Crippen LogP contribution in [0.5, 0.6) is 5.75 Å². The second-order valence-corrected chi connectivity index (χ2v) is 5.69. The average Bonchev–Trinajstić information content (AvgIpc) is 2.48. The van der Waals surface area contributed by atoms with Gasteiger partial charge < -0.3 is 10.1 Å². The number of nitrogens with one attached hydrogen (secondary N) is 1. The minimum absolute atomic E-state index is 0.0262. The third kappa shape index (κ3) is 2.01. The number of nitrogens with zero attached hydrogens (tertiary/aromatic N) is 1. The molecule has 1 heterocycles. The number of benzene rings is 1. The highest BCUT2D eigenvalue weighted by atomic mass is 16.5. The Morgan fingerprint density at radius 2 is 2.35 bits per heavy atom. The van der Waals surface area contributed by atoms with E-state index in [1.54, 1.807) is 13.2 Å². The maximum Gasteiger partial charge on any atom is 0.119 e. The van der Waals surface area contributed by atoms with Gasteiger partial charge in [-0.2, -0.15) is 5.26 Å². The first-order chi connectivity index (χ1) is 9.80. The molecule has 2 atom stereocenters. The van der Waals surface area contributed by atoms with E-state index in [1.807, 2.05) is 6.07 Å². The molecule has 1 aliphatic heterocycles. The van der Waals surface area contributed by atoms with Crippen molar-refractivity contribution in [3.05, 3.63) is 41.5 Å². The molecule has 1 saturated heterocycles. The maximum absolute atomic E-state index is 9.16. The number of hydrogen-bond acceptors (Lipinski definition) is 3. The van der Waals surface area contributed by atoms with Crippen LogP contribution in [0.15, 0.2) is 35.9 Å². The average molecular weight is 268 g/mol. The number of fused-ring (bicyclic) bond motifs is 2. The van der Waals surface area contributed by atoms with E-state index in [2.05, 4.69) is 29.6 Å². The second-order valence-electron chi connectivity index (χ2n) is 5.69. The SMILES string of the molecule is COc1cccc([C@@]23CCC[C@@H](NCC2)/C3=C\C#N)c1. The topological polar surface area (TPSA) is 45.0 Å². The van der Waals surface area contributed by atoms with Crippen LogP contribution in [0.2, 0.25) is 0 Å². The van der Waals surface area contributed by atoms with E-state index in [0.717, 1.165) is 31.6 Å². The van der Waals surface area contributed by atoms with Crippen LogP contribution in [0.1, 0.15) is 31.2 Å². The summed E-state index contributed by atoms with van der Waals surface area (Å²) in [5, 5.41) is 12.7. The zero-order valence-electron chi connectivity index (χ0n) is 11.9. The molecule has 1 N–H and O–H groups in total. The summed E-state index contributed by atoms with van der Waals surface area (Å²) in [6.07, 6.45) is 6.31. The molecule has 104 valence electrons. The summed E-state index contributed by atoms with van der Waals surface area (Å²) in [5.74, 6) is 0.897. The standard InChI is InChI=1S/C17H20N2O/c1-20-14-5-2-4-13(12-14)17-8-3-6-16(19-11-9-17)15(17)7-10-18/h2,4-5,7,12,16,19H,3,6,8-9,11H2,1H3/b15-7+/t16-,17-/m1/s1. The molecule has 0 unspecified atom stereocenters. The lowest BCUT2D eigenvalue weighted by atomic mass is 9.60. The number of methoxy groups -OCH3 is 1. The van der Waals surface area contributed by atoms with Crippen LogP contribution >= 0.6 is 0 Å². The molecule has 0 amide bonds. The first-order valence-electron chi connectivity index (χ1n) is 7.28. The molecule has 2 bridgehead atoms. The lowest BCUT2D eigenvalue weighted by Crippen LogP contribution is -2.51. The molecule has 0 aromatic heterocycles. The quantitative estimate of drug-likeness (QED) is 0.839. The summed E-state index contributed by atoms with van der Waals surface area (Å²) >= 11 is 0. The van der Waals surface area contributed by atoms with Gasteiger partial charge in [0.2, 0.25) is 0 Å². The van der Waals surface area contributed by atoms with Gasteiger partial charge in [0, 0.05) is 17.5 Å². The molecule has 2 aliphatic rings. The number of nitriles is 1. The number of ether oxygens (including phenoxy) is 1. The molecular formula is C17H20N2O. The van der Waals surface area contributed by atoms with Gasteiger partial charge in [-0.1, -0.05) is 18.6 Å². The van der Waals surface area contributed by atoms with Gasteiger partial charge in [-0.05, 0) is 49.1 Å². The Labute approximate surface area is 120 Å². The molecule has 0 radical (unpaired) electrons. The largest absolute Gasteiger partial charge is 0.497 e. The molecule has 20 heavy (non-hydrogen) atoms. The van der Waals surface area contributed by atoms with Crippen molar-refractivity contribution >= 4 is 0 Å². The molecule has 3 nitrogen and oxygen atoms in total. The van der Waals surface area contributed by atoms with E-state index in [1.165, 1.54) is 17.6 Å². The fourth-order valence-corrected chi connectivity index (χ4v) is 3.87. The highest BCUT2D eigenvalue weighted by molar-refractivity contribution is 5.46. The minimum atomic E-state index is 0.0262. The molecule has 1 aliphatic carbocycles. The summed E-state index contributed by atoms with van der Waals surface area (Å²) < 4.78 is 5.38. The maximum atomic E-state index is 9.16. The number of rotatable bonds is 2. The second kappa shape index (κ2) is 5.30. The van der Waals surface area contributed by atoms with E-state index >= 15 is 0 Å². The normalized spacial score (nSPS) is 30.8. The predicted octanol–water partition coefficient (Wildman–Crippen LogP) is 2.93. The summed E-state index contributed by atoms with van der Waals surface area (Å²) in [5.41, 5.74) is 2.59. The van der Waals surface area contributed by atoms with Crippen molar-refractivity contribution in [3.63, 3.8) is 0 Å². The van der Waals surface area contributed by atoms with E-state index < -0.39 is 0 Å². The zero-order chi connectivity index (χ0) is 14.0. The van der Waals surface area contributed by atoms with Crippen molar-refractivity contribution in [1.29, 1.82) is 5.26 Å². The highest BCUT2D eigenvalue weighted by Gasteiger charge is 2.44. The molecule has 3 rings (SSSR count). The van der Waals surface area contributed by atoms with Crippen molar-refractivity contribution in [3.8, 4) is 11.8 Å². The van der Waals surface area contributed by atoms with E-state index in [-0.39, 0.29) is 5.41 Å². The van der Waals surface area contributed by atoms with Crippen LogP contribution < -0.4 is 10.1 Å². The van der Waals surface area contributed by atoms with Gasteiger partial charge in [0.1, 0.15) is 5.75 Å². The fraction of sp³-hybridized carbons (Fsp3) is 0.471. The van der Waals surface area contributed by atoms with Crippen LogP contribution in [0.25, 0.3) is 0 Å². The van der Waals surface area contributed by atoms with Gasteiger partial charge in [-0.15, -0.1) is 0 Å². The summed E-state index contributed by atoms with van der Waals surface area (Å²) in [6.45, 7) is 1.02. The molecule has 0 spiro atoms. The van der Waals surface area contributed by atoms with Crippen LogP contribution in [0.4, 0.5) is 0 Å². The van der Waals surface area contributed by atoms with Crippen LogP contribution in [-0.4, -0.2) is 19.7 Å². The van der Waals surface area contributed by atoms with Gasteiger partial charge in [-0.25, -0.2) is 0 Å². The van der Waals surface area contributed by atoms with Crippen LogP contribution in [-0.2, 0) is 5.41 Å². The van der Waals surface area contributed by atoms with Crippen LogP contribution in [0, 0.1) is 11.3 Å². The van der Waals surface area contributed by atoms with Crippen molar-refractivity contribution in [2.75, 3.05) is 13.7 Å². The molecule has 1 saturated carbocycles. The molecule has 2 fully saturated rings. The lowest BCUT2D eigenvalue weighted by Gasteiger charge is -2.48. The van der Waals surface area contributed by atoms with E-state index in [0.29, 0.717) is 6.04 Å². The van der Waals surface area contributed by atoms with Gasteiger partial charge in [0.05, 0.1) is 13.2 Å². The Morgan fingerprint density at radius 1 is 1.45 bits per heavy atom. The van der Waals surface area contributed by atoms with Gasteiger partial charge >= 0.3 is 0 Å². The monoisotopic (exact) mass is 268 g/mol. The van der Waals surface area contributed by atoms with Gasteiger partial charge in [0.15, 0.2) is 0 Å². The molecule has 1 aromatic carbocycles. The molecule has 3 heteroatoms. The Morgan fingerprint density at radius 3 is 3.15 bits per heavy atom. The third-order valence-corrected chi connectivity index (χ3v) is 4.81. The summed E-state index contributed by atoms with van der Waals surface area (Å²) in [4.78, 5) is 0. The number of hydrogen-bond donors (Lipinski definition) is 1. The smallest absolute Gasteiger partial charge is 0.119 e. The molecule has 1 aromatic rings. The van der Waals surface area contributed by atoms with Gasteiger partial charge in [-0.3, -0.25) is 0 Å². The Bertz CT molecular complexity index is 561. The van der Waals surface area contributed by atoms with Crippen molar-refractivity contribution in [2.24, 2.45) is 0 Å². The van der Waals surface area contributed by atoms with E-state index in [4.69, 9.17) is 10.00 Å². The van der Waals surface area contributed by atoms with Crippen molar-refractivity contribution in [1.82, 2.24) is 5.32 Å². The zero-order valence-corrected chi connectivity index (χ0v) is 11.9. The van der Waals surface area contributed by atoms with E-state index in [9.17, 15) is 0 Å². The van der Waals surface area contributed by atoms with Gasteiger partial charge in [0.25, 0.3) is 0 Å². The van der Waals surface area contributed by atoms with Crippen LogP contribution in [0.3, 0.4) is 0 Å². The third-order valence-electron chi connectivity index (χ3n) is 4.81. The van der Waals surface area contributed by atoms with Crippen molar-refractivity contribution < 1.29 is 4.74 Å². The lowest BCUT2D eigenvalue weighted by molar-refractivity contribution is 0.262.